The lowest BCUT2D eigenvalue weighted by Crippen LogP contribution is -2.52. The summed E-state index contributed by atoms with van der Waals surface area (Å²) in [5.74, 6) is 0.889. The van der Waals surface area contributed by atoms with Crippen molar-refractivity contribution in [1.82, 2.24) is 5.32 Å². The standard InChI is InChI=1S/C16H28N2OS/c1-12-6-5-7-13(9-8-12)18-15(19)16(14(17)20)10-3-2-4-11-16/h12-13H,2-11H2,1H3,(H2,17,20)(H,18,19). The van der Waals surface area contributed by atoms with Crippen LogP contribution in [0.15, 0.2) is 0 Å². The second-order valence-electron chi connectivity index (χ2n) is 6.79. The Hall–Kier alpha value is -0.640. The van der Waals surface area contributed by atoms with Crippen molar-refractivity contribution < 1.29 is 4.79 Å². The first-order valence-corrected chi connectivity index (χ1v) is 8.56. The summed E-state index contributed by atoms with van der Waals surface area (Å²) in [6, 6.07) is 0.320. The van der Waals surface area contributed by atoms with Gasteiger partial charge in [0.25, 0.3) is 0 Å². The third-order valence-corrected chi connectivity index (χ3v) is 5.60. The van der Waals surface area contributed by atoms with Gasteiger partial charge in [0.05, 0.1) is 10.4 Å². The molecular formula is C16H28N2OS. The Bertz CT molecular complexity index is 363. The minimum Gasteiger partial charge on any atom is -0.392 e. The topological polar surface area (TPSA) is 55.1 Å². The van der Waals surface area contributed by atoms with Crippen molar-refractivity contribution in [3.8, 4) is 0 Å². The van der Waals surface area contributed by atoms with E-state index in [0.717, 1.165) is 44.4 Å². The number of rotatable bonds is 3. The normalized spacial score (nSPS) is 30.2. The molecule has 2 aliphatic rings. The Morgan fingerprint density at radius 2 is 1.80 bits per heavy atom. The third kappa shape index (κ3) is 3.51. The van der Waals surface area contributed by atoms with E-state index in [-0.39, 0.29) is 5.91 Å². The zero-order chi connectivity index (χ0) is 14.6. The quantitative estimate of drug-likeness (QED) is 0.620. The minimum atomic E-state index is -0.564. The molecule has 0 aromatic carbocycles. The summed E-state index contributed by atoms with van der Waals surface area (Å²) in [5.41, 5.74) is 5.37. The molecule has 0 saturated heterocycles. The number of carbonyl (C=O) groups is 1. The molecule has 0 spiro atoms. The lowest BCUT2D eigenvalue weighted by Gasteiger charge is -2.36. The first-order chi connectivity index (χ1) is 9.54. The maximum Gasteiger partial charge on any atom is 0.233 e. The summed E-state index contributed by atoms with van der Waals surface area (Å²) in [6.45, 7) is 2.31. The van der Waals surface area contributed by atoms with Crippen LogP contribution in [-0.4, -0.2) is 16.9 Å². The van der Waals surface area contributed by atoms with Gasteiger partial charge >= 0.3 is 0 Å². The van der Waals surface area contributed by atoms with Crippen LogP contribution in [0.2, 0.25) is 0 Å². The van der Waals surface area contributed by atoms with Gasteiger partial charge in [-0.25, -0.2) is 0 Å². The van der Waals surface area contributed by atoms with Gasteiger partial charge < -0.3 is 11.1 Å². The van der Waals surface area contributed by atoms with Gasteiger partial charge in [0.15, 0.2) is 0 Å². The average molecular weight is 296 g/mol. The number of carbonyl (C=O) groups excluding carboxylic acids is 1. The van der Waals surface area contributed by atoms with E-state index in [1.165, 1.54) is 25.7 Å². The van der Waals surface area contributed by atoms with E-state index in [4.69, 9.17) is 18.0 Å². The second-order valence-corrected chi connectivity index (χ2v) is 7.23. The predicted molar refractivity (Wildman–Crippen MR) is 86.5 cm³/mol. The van der Waals surface area contributed by atoms with Crippen LogP contribution in [0.5, 0.6) is 0 Å². The highest BCUT2D eigenvalue weighted by molar-refractivity contribution is 7.80. The first-order valence-electron chi connectivity index (χ1n) is 8.15. The maximum absolute atomic E-state index is 12.7. The highest BCUT2D eigenvalue weighted by atomic mass is 32.1. The van der Waals surface area contributed by atoms with Crippen LogP contribution in [0.3, 0.4) is 0 Å². The number of hydrogen-bond donors (Lipinski definition) is 2. The summed E-state index contributed by atoms with van der Waals surface area (Å²) in [5, 5.41) is 3.26. The molecule has 4 heteroatoms. The maximum atomic E-state index is 12.7. The van der Waals surface area contributed by atoms with Gasteiger partial charge in [0.2, 0.25) is 5.91 Å². The van der Waals surface area contributed by atoms with Gasteiger partial charge in [-0.15, -0.1) is 0 Å². The molecule has 0 aromatic rings. The smallest absolute Gasteiger partial charge is 0.233 e. The van der Waals surface area contributed by atoms with E-state index in [2.05, 4.69) is 12.2 Å². The minimum absolute atomic E-state index is 0.101. The van der Waals surface area contributed by atoms with Gasteiger partial charge in [0.1, 0.15) is 0 Å². The Morgan fingerprint density at radius 1 is 1.10 bits per heavy atom. The van der Waals surface area contributed by atoms with Crippen LogP contribution in [0, 0.1) is 11.3 Å². The average Bonchev–Trinajstić information content (AvgIpc) is 2.64. The van der Waals surface area contributed by atoms with Crippen molar-refractivity contribution in [2.75, 3.05) is 0 Å². The molecule has 2 aliphatic carbocycles. The summed E-state index contributed by atoms with van der Waals surface area (Å²) >= 11 is 5.23. The van der Waals surface area contributed by atoms with E-state index < -0.39 is 5.41 Å². The molecule has 114 valence electrons. The molecule has 0 aromatic heterocycles. The van der Waals surface area contributed by atoms with Gasteiger partial charge in [-0.2, -0.15) is 0 Å². The van der Waals surface area contributed by atoms with E-state index in [0.29, 0.717) is 11.0 Å². The molecule has 2 unspecified atom stereocenters. The lowest BCUT2D eigenvalue weighted by atomic mass is 9.73. The largest absolute Gasteiger partial charge is 0.392 e. The van der Waals surface area contributed by atoms with Crippen molar-refractivity contribution in [3.05, 3.63) is 0 Å². The van der Waals surface area contributed by atoms with Crippen LogP contribution >= 0.6 is 12.2 Å². The summed E-state index contributed by atoms with van der Waals surface area (Å²) < 4.78 is 0. The molecule has 2 fully saturated rings. The van der Waals surface area contributed by atoms with E-state index in [1.807, 2.05) is 0 Å². The Kier molecular flexibility index (Phi) is 5.42. The molecule has 0 heterocycles. The zero-order valence-electron chi connectivity index (χ0n) is 12.6. The molecule has 2 atom stereocenters. The molecule has 1 amide bonds. The summed E-state index contributed by atoms with van der Waals surface area (Å²) in [7, 11) is 0. The van der Waals surface area contributed by atoms with E-state index in [1.54, 1.807) is 0 Å². The molecule has 3 N–H and O–H groups in total. The molecule has 0 aliphatic heterocycles. The second kappa shape index (κ2) is 6.88. The lowest BCUT2D eigenvalue weighted by molar-refractivity contribution is -0.129. The van der Waals surface area contributed by atoms with Gasteiger partial charge in [-0.1, -0.05) is 51.2 Å². The van der Waals surface area contributed by atoms with Gasteiger partial charge in [-0.3, -0.25) is 4.79 Å². The molecule has 0 bridgehead atoms. The van der Waals surface area contributed by atoms with Crippen molar-refractivity contribution in [2.45, 2.75) is 77.2 Å². The highest BCUT2D eigenvalue weighted by Gasteiger charge is 2.42. The van der Waals surface area contributed by atoms with Crippen LogP contribution in [-0.2, 0) is 4.79 Å². The van der Waals surface area contributed by atoms with Crippen molar-refractivity contribution in [2.24, 2.45) is 17.1 Å². The predicted octanol–water partition coefficient (Wildman–Crippen LogP) is 3.31. The fraction of sp³-hybridized carbons (Fsp3) is 0.875. The molecule has 0 radical (unpaired) electrons. The van der Waals surface area contributed by atoms with Gasteiger partial charge in [-0.05, 0) is 38.0 Å². The number of nitrogens with two attached hydrogens (primary N) is 1. The highest BCUT2D eigenvalue weighted by Crippen LogP contribution is 2.37. The third-order valence-electron chi connectivity index (χ3n) is 5.21. The SMILES string of the molecule is CC1CCCC(NC(=O)C2(C(N)=S)CCCCC2)CC1. The molecule has 2 saturated carbocycles. The number of hydrogen-bond acceptors (Lipinski definition) is 2. The van der Waals surface area contributed by atoms with Gasteiger partial charge in [0, 0.05) is 6.04 Å². The summed E-state index contributed by atoms with van der Waals surface area (Å²) in [4.78, 5) is 13.1. The molecule has 20 heavy (non-hydrogen) atoms. The number of nitrogens with one attached hydrogen (secondary N) is 1. The fourth-order valence-electron chi connectivity index (χ4n) is 3.70. The van der Waals surface area contributed by atoms with Crippen LogP contribution < -0.4 is 11.1 Å². The van der Waals surface area contributed by atoms with E-state index in [9.17, 15) is 4.79 Å². The first kappa shape index (κ1) is 15.7. The Labute approximate surface area is 128 Å². The van der Waals surface area contributed by atoms with E-state index >= 15 is 0 Å². The number of amides is 1. The van der Waals surface area contributed by atoms with Crippen molar-refractivity contribution in [3.63, 3.8) is 0 Å². The van der Waals surface area contributed by atoms with Crippen LogP contribution in [0.4, 0.5) is 0 Å². The monoisotopic (exact) mass is 296 g/mol. The summed E-state index contributed by atoms with van der Waals surface area (Å²) in [6.07, 6.45) is 10.9. The zero-order valence-corrected chi connectivity index (χ0v) is 13.4. The van der Waals surface area contributed by atoms with Crippen LogP contribution in [0.25, 0.3) is 0 Å². The molecule has 2 rings (SSSR count). The van der Waals surface area contributed by atoms with Crippen molar-refractivity contribution in [1.29, 1.82) is 0 Å². The van der Waals surface area contributed by atoms with Crippen molar-refractivity contribution >= 4 is 23.1 Å². The number of thiocarbonyl (C=S) groups is 1. The Balaban J connectivity index is 1.99. The Morgan fingerprint density at radius 3 is 2.45 bits per heavy atom. The molecule has 3 nitrogen and oxygen atoms in total. The fourth-order valence-corrected chi connectivity index (χ4v) is 3.99. The molecular weight excluding hydrogens is 268 g/mol. The van der Waals surface area contributed by atoms with Crippen LogP contribution in [0.1, 0.15) is 71.1 Å².